The van der Waals surface area contributed by atoms with Crippen LogP contribution in [-0.4, -0.2) is 39.9 Å². The number of carbonyl (C=O) groups is 1. The molecule has 1 saturated heterocycles. The fourth-order valence-electron chi connectivity index (χ4n) is 5.41. The van der Waals surface area contributed by atoms with E-state index in [9.17, 15) is 23.1 Å². The molecule has 7 nitrogen and oxygen atoms in total. The number of benzene rings is 3. The number of rotatable bonds is 8. The van der Waals surface area contributed by atoms with Gasteiger partial charge in [0, 0.05) is 49.2 Å². The maximum atomic E-state index is 14.3. The zero-order valence-corrected chi connectivity index (χ0v) is 24.2. The molecule has 0 bridgehead atoms. The average Bonchev–Trinajstić information content (AvgIpc) is 3.46. The van der Waals surface area contributed by atoms with Gasteiger partial charge >= 0.3 is 0 Å². The Morgan fingerprint density at radius 2 is 1.80 bits per heavy atom. The lowest BCUT2D eigenvalue weighted by Crippen LogP contribution is -2.41. The summed E-state index contributed by atoms with van der Waals surface area (Å²) in [7, 11) is 0. The van der Waals surface area contributed by atoms with Gasteiger partial charge in [0.2, 0.25) is 5.91 Å². The van der Waals surface area contributed by atoms with Crippen molar-refractivity contribution in [3.05, 3.63) is 114 Å². The van der Waals surface area contributed by atoms with Gasteiger partial charge in [-0.05, 0) is 76.4 Å². The van der Waals surface area contributed by atoms with E-state index in [1.54, 1.807) is 53.6 Å². The summed E-state index contributed by atoms with van der Waals surface area (Å²) in [5.41, 5.74) is 10.5. The number of hydrogen-bond acceptors (Lipinski definition) is 6. The Morgan fingerprint density at radius 3 is 2.51 bits per heavy atom. The molecule has 0 spiro atoms. The van der Waals surface area contributed by atoms with Gasteiger partial charge in [0.1, 0.15) is 29.2 Å². The van der Waals surface area contributed by atoms with Crippen LogP contribution in [0.5, 0.6) is 0 Å². The van der Waals surface area contributed by atoms with Crippen LogP contribution >= 0.6 is 0 Å². The number of carbonyl (C=O) groups excluding carboxylic acids is 1. The molecule has 45 heavy (non-hydrogen) atoms. The van der Waals surface area contributed by atoms with Crippen LogP contribution in [-0.2, 0) is 11.3 Å². The Labute approximate surface area is 257 Å². The number of piperidine rings is 1. The number of aliphatic hydroxyl groups is 1. The maximum absolute atomic E-state index is 14.3. The van der Waals surface area contributed by atoms with Crippen molar-refractivity contribution < 1.29 is 27.5 Å². The molecule has 5 aromatic rings. The second-order valence-corrected chi connectivity index (χ2v) is 11.1. The van der Waals surface area contributed by atoms with E-state index in [0.29, 0.717) is 33.9 Å². The normalized spacial score (nSPS) is 15.8. The summed E-state index contributed by atoms with van der Waals surface area (Å²) in [6.45, 7) is 0.358. The van der Waals surface area contributed by atoms with Crippen molar-refractivity contribution in [3.8, 4) is 22.3 Å². The number of halogens is 3. The van der Waals surface area contributed by atoms with E-state index in [1.807, 2.05) is 30.3 Å². The Kier molecular flexibility index (Phi) is 8.42. The minimum atomic E-state index is -2.69. The first-order valence-corrected chi connectivity index (χ1v) is 14.5. The molecule has 0 aliphatic carbocycles. The quantitative estimate of drug-likeness (QED) is 0.164. The minimum absolute atomic E-state index is 0.114. The highest BCUT2D eigenvalue weighted by Gasteiger charge is 2.36. The molecule has 4 N–H and O–H groups in total. The Bertz CT molecular complexity index is 1840. The van der Waals surface area contributed by atoms with Crippen LogP contribution in [0.4, 0.5) is 19.0 Å². The van der Waals surface area contributed by atoms with Crippen LogP contribution in [0.2, 0.25) is 0 Å². The minimum Gasteiger partial charge on any atom is -0.459 e. The number of nitrogen functional groups attached to an aromatic ring is 1. The lowest BCUT2D eigenvalue weighted by molar-refractivity contribution is -0.116. The van der Waals surface area contributed by atoms with Crippen LogP contribution in [0.3, 0.4) is 0 Å². The molecular formula is C35H31F3N4O3. The summed E-state index contributed by atoms with van der Waals surface area (Å²) in [6, 6.07) is 22.6. The van der Waals surface area contributed by atoms with Crippen molar-refractivity contribution in [1.82, 2.24) is 15.2 Å². The number of amides is 1. The second-order valence-electron chi connectivity index (χ2n) is 11.1. The molecule has 1 aliphatic heterocycles. The molecule has 1 fully saturated rings. The number of furan rings is 1. The van der Waals surface area contributed by atoms with E-state index in [0.717, 1.165) is 22.1 Å². The van der Waals surface area contributed by atoms with Crippen molar-refractivity contribution in [2.75, 3.05) is 18.8 Å². The molecule has 6 rings (SSSR count). The van der Waals surface area contributed by atoms with Gasteiger partial charge in [-0.1, -0.05) is 36.4 Å². The van der Waals surface area contributed by atoms with E-state index in [2.05, 4.69) is 10.3 Å². The fraction of sp³-hybridized carbons (Fsp3) is 0.200. The molecule has 1 atom stereocenters. The van der Waals surface area contributed by atoms with Gasteiger partial charge in [-0.3, -0.25) is 9.69 Å². The van der Waals surface area contributed by atoms with Gasteiger partial charge in [0.25, 0.3) is 5.92 Å². The molecular weight excluding hydrogens is 581 g/mol. The molecule has 0 saturated carbocycles. The number of fused-ring (bicyclic) bond motifs is 1. The number of nitrogens with zero attached hydrogens (tertiary/aromatic N) is 2. The Morgan fingerprint density at radius 1 is 1.02 bits per heavy atom. The monoisotopic (exact) mass is 612 g/mol. The predicted octanol–water partition coefficient (Wildman–Crippen LogP) is 6.93. The standard InChI is InChI=1S/C35H31F3N4O3/c36-28-3-1-2-25(17-28)30-19-26(23-6-8-24(9-7-23)34(44)42-14-12-35(37,38)13-15-42)16-27-18-29(45-33(27)30)21-41-32(43)11-5-22-4-10-31(39)40-20-22/h1-11,16-20,34,44H,12-15,21H2,(H2,39,40)(H,41,43)/b11-5+. The van der Waals surface area contributed by atoms with Crippen LogP contribution in [0, 0.1) is 5.82 Å². The van der Waals surface area contributed by atoms with Crippen LogP contribution in [0.15, 0.2) is 95.6 Å². The fourth-order valence-corrected chi connectivity index (χ4v) is 5.41. The molecule has 230 valence electrons. The molecule has 10 heteroatoms. The number of aliphatic hydroxyl groups excluding tert-OH is 1. The van der Waals surface area contributed by atoms with Gasteiger partial charge in [-0.25, -0.2) is 18.2 Å². The van der Waals surface area contributed by atoms with Gasteiger partial charge in [-0.2, -0.15) is 0 Å². The van der Waals surface area contributed by atoms with E-state index in [-0.39, 0.29) is 44.2 Å². The van der Waals surface area contributed by atoms with Crippen molar-refractivity contribution >= 4 is 28.8 Å². The largest absolute Gasteiger partial charge is 0.459 e. The third-order valence-electron chi connectivity index (χ3n) is 7.89. The average molecular weight is 613 g/mol. The molecule has 3 aromatic carbocycles. The molecule has 1 unspecified atom stereocenters. The lowest BCUT2D eigenvalue weighted by atomic mass is 9.96. The summed E-state index contributed by atoms with van der Waals surface area (Å²) in [4.78, 5) is 18.1. The molecule has 1 amide bonds. The molecule has 3 heterocycles. The number of anilines is 1. The summed E-state index contributed by atoms with van der Waals surface area (Å²) < 4.78 is 47.6. The summed E-state index contributed by atoms with van der Waals surface area (Å²) in [6.07, 6.45) is 3.05. The van der Waals surface area contributed by atoms with E-state index in [1.165, 1.54) is 18.2 Å². The highest BCUT2D eigenvalue weighted by atomic mass is 19.3. The third-order valence-corrected chi connectivity index (χ3v) is 7.89. The number of pyridine rings is 1. The molecule has 2 aromatic heterocycles. The van der Waals surface area contributed by atoms with Gasteiger partial charge in [0.15, 0.2) is 0 Å². The van der Waals surface area contributed by atoms with E-state index >= 15 is 0 Å². The summed E-state index contributed by atoms with van der Waals surface area (Å²) in [5.74, 6) is -2.49. The van der Waals surface area contributed by atoms with Crippen molar-refractivity contribution in [3.63, 3.8) is 0 Å². The van der Waals surface area contributed by atoms with Crippen LogP contribution in [0.1, 0.15) is 36.0 Å². The Hall–Kier alpha value is -4.93. The first kappa shape index (κ1) is 30.1. The number of likely N-dealkylation sites (tertiary alicyclic amines) is 1. The van der Waals surface area contributed by atoms with Crippen molar-refractivity contribution in [1.29, 1.82) is 0 Å². The first-order chi connectivity index (χ1) is 21.6. The highest BCUT2D eigenvalue weighted by Crippen LogP contribution is 2.37. The zero-order valence-electron chi connectivity index (χ0n) is 24.2. The molecule has 1 aliphatic rings. The maximum Gasteiger partial charge on any atom is 0.250 e. The number of nitrogens with two attached hydrogens (primary N) is 1. The molecule has 0 radical (unpaired) electrons. The van der Waals surface area contributed by atoms with Crippen molar-refractivity contribution in [2.24, 2.45) is 0 Å². The summed E-state index contributed by atoms with van der Waals surface area (Å²) >= 11 is 0. The van der Waals surface area contributed by atoms with Crippen LogP contribution < -0.4 is 11.1 Å². The third kappa shape index (κ3) is 7.08. The van der Waals surface area contributed by atoms with Crippen molar-refractivity contribution in [2.45, 2.75) is 31.5 Å². The van der Waals surface area contributed by atoms with E-state index in [4.69, 9.17) is 10.2 Å². The van der Waals surface area contributed by atoms with Gasteiger partial charge in [-0.15, -0.1) is 0 Å². The van der Waals surface area contributed by atoms with Gasteiger partial charge < -0.3 is 20.6 Å². The topological polar surface area (TPSA) is 105 Å². The first-order valence-electron chi connectivity index (χ1n) is 14.5. The van der Waals surface area contributed by atoms with E-state index < -0.39 is 12.2 Å². The number of aromatic nitrogens is 1. The number of hydrogen-bond donors (Lipinski definition) is 3. The second kappa shape index (κ2) is 12.6. The lowest BCUT2D eigenvalue weighted by Gasteiger charge is -2.35. The summed E-state index contributed by atoms with van der Waals surface area (Å²) in [5, 5.41) is 14.4. The van der Waals surface area contributed by atoms with Gasteiger partial charge in [0.05, 0.1) is 6.54 Å². The number of nitrogens with one attached hydrogen (secondary N) is 1. The highest BCUT2D eigenvalue weighted by molar-refractivity contribution is 5.97. The smallest absolute Gasteiger partial charge is 0.250 e. The zero-order chi connectivity index (χ0) is 31.6. The number of alkyl halides is 2. The SMILES string of the molecule is Nc1ccc(/C=C/C(=O)NCc2cc3cc(-c4ccc(C(O)N5CCC(F)(F)CC5)cc4)cc(-c4cccc(F)c4)c3o2)cn1. The Balaban J connectivity index is 1.25. The van der Waals surface area contributed by atoms with Crippen LogP contribution in [0.25, 0.3) is 39.3 Å². The predicted molar refractivity (Wildman–Crippen MR) is 167 cm³/mol.